The molecule has 1 aliphatic heterocycles. The van der Waals surface area contributed by atoms with Gasteiger partial charge in [0.25, 0.3) is 12.0 Å². The van der Waals surface area contributed by atoms with Crippen molar-refractivity contribution < 1.29 is 13.2 Å². The lowest BCUT2D eigenvalue weighted by Gasteiger charge is -2.25. The monoisotopic (exact) mass is 367 g/mol. The Morgan fingerprint density at radius 3 is 2.58 bits per heavy atom. The Bertz CT molecular complexity index is 978. The zero-order chi connectivity index (χ0) is 18.6. The van der Waals surface area contributed by atoms with Crippen LogP contribution in [0.5, 0.6) is 0 Å². The summed E-state index contributed by atoms with van der Waals surface area (Å²) in [5.41, 5.74) is -2.36. The molecule has 0 radical (unpaired) electrons. The zero-order valence-electron chi connectivity index (χ0n) is 14.4. The number of aromatic nitrogens is 2. The van der Waals surface area contributed by atoms with Crippen LogP contribution < -0.4 is 16.1 Å². The van der Waals surface area contributed by atoms with Crippen LogP contribution in [0.2, 0.25) is 0 Å². The van der Waals surface area contributed by atoms with E-state index in [9.17, 15) is 22.8 Å². The molecule has 2 heterocycles. The molecule has 0 unspecified atom stereocenters. The molecule has 1 saturated heterocycles. The van der Waals surface area contributed by atoms with Crippen molar-refractivity contribution in [3.05, 3.63) is 38.3 Å². The first-order valence-electron chi connectivity index (χ1n) is 8.96. The summed E-state index contributed by atoms with van der Waals surface area (Å²) in [6, 6.07) is 0.770. The van der Waals surface area contributed by atoms with Gasteiger partial charge in [0.15, 0.2) is 0 Å². The van der Waals surface area contributed by atoms with Gasteiger partial charge in [-0.3, -0.25) is 14.3 Å². The fourth-order valence-corrected chi connectivity index (χ4v) is 3.99. The fraction of sp³-hybridized carbons (Fsp3) is 0.556. The molecule has 140 valence electrons. The van der Waals surface area contributed by atoms with Gasteiger partial charge in [-0.25, -0.2) is 18.0 Å². The quantitative estimate of drug-likeness (QED) is 0.902. The summed E-state index contributed by atoms with van der Waals surface area (Å²) in [7, 11) is 0. The molecular formula is C18H20F3N3O2. The summed E-state index contributed by atoms with van der Waals surface area (Å²) < 4.78 is 44.2. The van der Waals surface area contributed by atoms with Gasteiger partial charge in [-0.05, 0) is 31.2 Å². The number of nitrogens with one attached hydrogen (secondary N) is 1. The number of aromatic amines is 1. The number of anilines is 1. The maximum absolute atomic E-state index is 14.8. The molecule has 4 rings (SSSR count). The van der Waals surface area contributed by atoms with Crippen LogP contribution in [-0.4, -0.2) is 22.6 Å². The molecule has 26 heavy (non-hydrogen) atoms. The number of hydrogen-bond acceptors (Lipinski definition) is 3. The lowest BCUT2D eigenvalue weighted by molar-refractivity contribution is 0.152. The molecule has 2 aromatic rings. The lowest BCUT2D eigenvalue weighted by atomic mass is 10.1. The summed E-state index contributed by atoms with van der Waals surface area (Å²) in [5, 5.41) is -0.195. The predicted octanol–water partition coefficient (Wildman–Crippen LogP) is 3.34. The Balaban J connectivity index is 2.05. The third kappa shape index (κ3) is 2.62. The molecule has 1 saturated carbocycles. The van der Waals surface area contributed by atoms with Gasteiger partial charge in [0.05, 0.1) is 22.2 Å². The molecule has 8 heteroatoms. The van der Waals surface area contributed by atoms with Crippen molar-refractivity contribution in [2.45, 2.75) is 45.1 Å². The van der Waals surface area contributed by atoms with Crippen molar-refractivity contribution in [1.82, 2.24) is 9.55 Å². The smallest absolute Gasteiger partial charge is 0.329 e. The highest BCUT2D eigenvalue weighted by atomic mass is 19.3. The van der Waals surface area contributed by atoms with E-state index < -0.39 is 29.1 Å². The van der Waals surface area contributed by atoms with Crippen LogP contribution in [0.15, 0.2) is 15.7 Å². The van der Waals surface area contributed by atoms with Gasteiger partial charge in [-0.2, -0.15) is 0 Å². The maximum Gasteiger partial charge on any atom is 0.329 e. The van der Waals surface area contributed by atoms with Crippen LogP contribution in [0.3, 0.4) is 0 Å². The summed E-state index contributed by atoms with van der Waals surface area (Å²) >= 11 is 0. The molecule has 2 fully saturated rings. The number of fused-ring (bicyclic) bond motifs is 1. The van der Waals surface area contributed by atoms with Crippen molar-refractivity contribution in [3.8, 4) is 0 Å². The molecule has 1 aromatic carbocycles. The minimum absolute atomic E-state index is 0.118. The van der Waals surface area contributed by atoms with Gasteiger partial charge in [0.2, 0.25) is 0 Å². The van der Waals surface area contributed by atoms with E-state index in [0.717, 1.165) is 18.9 Å². The first-order chi connectivity index (χ1) is 12.4. The topological polar surface area (TPSA) is 58.1 Å². The molecule has 0 bridgehead atoms. The number of H-pyrrole nitrogens is 1. The van der Waals surface area contributed by atoms with Crippen LogP contribution in [0.4, 0.5) is 18.9 Å². The Kier molecular flexibility index (Phi) is 4.08. The molecule has 0 amide bonds. The minimum Gasteiger partial charge on any atom is -0.368 e. The van der Waals surface area contributed by atoms with E-state index in [1.165, 1.54) is 4.57 Å². The summed E-state index contributed by atoms with van der Waals surface area (Å²) in [6.07, 6.45) is 0.0646. The van der Waals surface area contributed by atoms with E-state index in [2.05, 4.69) is 4.98 Å². The Labute approximate surface area is 147 Å². The van der Waals surface area contributed by atoms with Crippen LogP contribution in [0.1, 0.15) is 50.6 Å². The second kappa shape index (κ2) is 6.17. The summed E-state index contributed by atoms with van der Waals surface area (Å²) in [6.45, 7) is 3.00. The SMILES string of the molecule is CC[C@@H]1CCN(c2c(F)cc3c(=O)[nH]c(=O)n(C4CC4)c3c2C(F)F)C1. The van der Waals surface area contributed by atoms with Crippen LogP contribution in [0.25, 0.3) is 10.9 Å². The maximum atomic E-state index is 14.8. The molecule has 2 aliphatic rings. The molecule has 5 nitrogen and oxygen atoms in total. The number of halogens is 3. The van der Waals surface area contributed by atoms with Crippen molar-refractivity contribution in [3.63, 3.8) is 0 Å². The van der Waals surface area contributed by atoms with Crippen molar-refractivity contribution in [2.75, 3.05) is 18.0 Å². The van der Waals surface area contributed by atoms with E-state index >= 15 is 0 Å². The van der Waals surface area contributed by atoms with E-state index in [0.29, 0.717) is 31.8 Å². The van der Waals surface area contributed by atoms with Crippen molar-refractivity contribution in [2.24, 2.45) is 5.92 Å². The van der Waals surface area contributed by atoms with Gasteiger partial charge in [-0.15, -0.1) is 0 Å². The zero-order valence-corrected chi connectivity index (χ0v) is 14.4. The van der Waals surface area contributed by atoms with E-state index in [1.54, 1.807) is 4.90 Å². The average Bonchev–Trinajstić information content (AvgIpc) is 3.30. The van der Waals surface area contributed by atoms with Gasteiger partial charge in [0.1, 0.15) is 5.82 Å². The van der Waals surface area contributed by atoms with Crippen LogP contribution in [-0.2, 0) is 0 Å². The Morgan fingerprint density at radius 1 is 1.27 bits per heavy atom. The van der Waals surface area contributed by atoms with Gasteiger partial charge >= 0.3 is 5.69 Å². The molecule has 1 atom stereocenters. The number of nitrogens with zero attached hydrogens (tertiary/aromatic N) is 2. The number of rotatable bonds is 4. The van der Waals surface area contributed by atoms with E-state index in [-0.39, 0.29) is 22.6 Å². The largest absolute Gasteiger partial charge is 0.368 e. The van der Waals surface area contributed by atoms with Crippen molar-refractivity contribution >= 4 is 16.6 Å². The third-order valence-electron chi connectivity index (χ3n) is 5.50. The van der Waals surface area contributed by atoms with Crippen LogP contribution >= 0.6 is 0 Å². The highest BCUT2D eigenvalue weighted by Gasteiger charge is 2.34. The molecule has 1 aliphatic carbocycles. The highest BCUT2D eigenvalue weighted by molar-refractivity contribution is 5.88. The van der Waals surface area contributed by atoms with E-state index in [1.807, 2.05) is 6.92 Å². The predicted molar refractivity (Wildman–Crippen MR) is 92.6 cm³/mol. The molecule has 1 aromatic heterocycles. The highest BCUT2D eigenvalue weighted by Crippen LogP contribution is 2.43. The molecule has 1 N–H and O–H groups in total. The minimum atomic E-state index is -2.99. The lowest BCUT2D eigenvalue weighted by Crippen LogP contribution is -2.32. The van der Waals surface area contributed by atoms with Crippen LogP contribution in [0, 0.1) is 11.7 Å². The van der Waals surface area contributed by atoms with Crippen molar-refractivity contribution in [1.29, 1.82) is 0 Å². The normalized spacial score (nSPS) is 20.5. The van der Waals surface area contributed by atoms with Gasteiger partial charge in [-0.1, -0.05) is 13.3 Å². The summed E-state index contributed by atoms with van der Waals surface area (Å²) in [5.74, 6) is -0.517. The Morgan fingerprint density at radius 2 is 2.00 bits per heavy atom. The summed E-state index contributed by atoms with van der Waals surface area (Å²) in [4.78, 5) is 28.2. The number of hydrogen-bond donors (Lipinski definition) is 1. The molecule has 0 spiro atoms. The number of benzene rings is 1. The van der Waals surface area contributed by atoms with Gasteiger partial charge < -0.3 is 4.90 Å². The second-order valence-corrected chi connectivity index (χ2v) is 7.19. The average molecular weight is 367 g/mol. The Hall–Kier alpha value is -2.25. The number of alkyl halides is 2. The second-order valence-electron chi connectivity index (χ2n) is 7.19. The standard InChI is InChI=1S/C18H20F3N3O2/c1-2-9-5-6-23(8-9)15-12(19)7-11-14(13(15)16(20)21)24(10-3-4-10)18(26)22-17(11)25/h7,9-10,16H,2-6,8H2,1H3,(H,22,25,26)/t9-/m1/s1. The molecular weight excluding hydrogens is 347 g/mol. The third-order valence-corrected chi connectivity index (χ3v) is 5.50. The van der Waals surface area contributed by atoms with Gasteiger partial charge in [0, 0.05) is 19.1 Å². The first kappa shape index (κ1) is 17.2. The van der Waals surface area contributed by atoms with E-state index in [4.69, 9.17) is 0 Å². The fourth-order valence-electron chi connectivity index (χ4n) is 3.99. The first-order valence-corrected chi connectivity index (χ1v) is 8.96.